The molecule has 2 rings (SSSR count). The van der Waals surface area contributed by atoms with Crippen molar-refractivity contribution in [3.8, 4) is 0 Å². The molecule has 3 N–H and O–H groups in total. The monoisotopic (exact) mass is 416 g/mol. The summed E-state index contributed by atoms with van der Waals surface area (Å²) < 4.78 is 31.3. The predicted octanol–water partition coefficient (Wildman–Crippen LogP) is 2.11. The van der Waals surface area contributed by atoms with Crippen LogP contribution in [0.4, 0.5) is 0 Å². The standard InChI is InChI=1S/C16H14Cl2N2O5S/c17-13-5-2-6-14(18)12(13)9-25-16(22)10-3-1-4-11(7-10)26(23,24)20-8-15(19)21/h1-7,20H,8-9H2,(H2,19,21). The third-order valence-electron chi connectivity index (χ3n) is 3.23. The van der Waals surface area contributed by atoms with E-state index in [1.807, 2.05) is 4.72 Å². The fraction of sp³-hybridized carbons (Fsp3) is 0.125. The normalized spacial score (nSPS) is 11.2. The Morgan fingerprint density at radius 1 is 1.08 bits per heavy atom. The molecular weight excluding hydrogens is 403 g/mol. The fourth-order valence-corrected chi connectivity index (χ4v) is 3.48. The first-order valence-electron chi connectivity index (χ1n) is 7.19. The van der Waals surface area contributed by atoms with Crippen LogP contribution < -0.4 is 10.5 Å². The molecule has 1 amide bonds. The van der Waals surface area contributed by atoms with E-state index < -0.39 is 28.4 Å². The Labute approximate surface area is 160 Å². The van der Waals surface area contributed by atoms with Crippen molar-refractivity contribution in [3.05, 3.63) is 63.6 Å². The van der Waals surface area contributed by atoms with Crippen LogP contribution >= 0.6 is 23.2 Å². The molecule has 0 saturated heterocycles. The molecule has 0 aromatic heterocycles. The van der Waals surface area contributed by atoms with E-state index in [2.05, 4.69) is 0 Å². The van der Waals surface area contributed by atoms with Gasteiger partial charge in [-0.15, -0.1) is 0 Å². The summed E-state index contributed by atoms with van der Waals surface area (Å²) in [5.41, 5.74) is 5.36. The van der Waals surface area contributed by atoms with Gasteiger partial charge >= 0.3 is 5.97 Å². The van der Waals surface area contributed by atoms with Crippen LogP contribution in [0.5, 0.6) is 0 Å². The maximum atomic E-state index is 12.2. The van der Waals surface area contributed by atoms with Crippen molar-refractivity contribution in [1.29, 1.82) is 0 Å². The van der Waals surface area contributed by atoms with Gasteiger partial charge < -0.3 is 10.5 Å². The second kappa shape index (κ2) is 8.50. The highest BCUT2D eigenvalue weighted by Crippen LogP contribution is 2.25. The van der Waals surface area contributed by atoms with Crippen LogP contribution in [0, 0.1) is 0 Å². The lowest BCUT2D eigenvalue weighted by Gasteiger charge is -2.09. The molecule has 0 heterocycles. The smallest absolute Gasteiger partial charge is 0.338 e. The molecule has 0 spiro atoms. The summed E-state index contributed by atoms with van der Waals surface area (Å²) in [5, 5.41) is 0.689. The number of benzene rings is 2. The maximum absolute atomic E-state index is 12.2. The molecule has 0 bridgehead atoms. The average molecular weight is 417 g/mol. The van der Waals surface area contributed by atoms with Gasteiger partial charge in [0.1, 0.15) is 6.61 Å². The fourth-order valence-electron chi connectivity index (χ4n) is 1.93. The van der Waals surface area contributed by atoms with E-state index in [4.69, 9.17) is 33.7 Å². The Balaban J connectivity index is 2.14. The van der Waals surface area contributed by atoms with Crippen LogP contribution in [-0.4, -0.2) is 26.8 Å². The molecule has 0 aliphatic rings. The number of esters is 1. The second-order valence-corrected chi connectivity index (χ2v) is 7.68. The van der Waals surface area contributed by atoms with Gasteiger partial charge in [0, 0.05) is 15.6 Å². The number of sulfonamides is 1. The summed E-state index contributed by atoms with van der Waals surface area (Å²) in [5.74, 6) is -1.59. The average Bonchev–Trinajstić information content (AvgIpc) is 2.59. The first-order valence-corrected chi connectivity index (χ1v) is 9.42. The van der Waals surface area contributed by atoms with Crippen LogP contribution in [0.25, 0.3) is 0 Å². The Morgan fingerprint density at radius 2 is 1.69 bits per heavy atom. The SMILES string of the molecule is NC(=O)CNS(=O)(=O)c1cccc(C(=O)OCc2c(Cl)cccc2Cl)c1. The molecule has 0 radical (unpaired) electrons. The van der Waals surface area contributed by atoms with Crippen LogP contribution in [0.1, 0.15) is 15.9 Å². The molecule has 0 saturated carbocycles. The van der Waals surface area contributed by atoms with Gasteiger partial charge in [-0.2, -0.15) is 0 Å². The van der Waals surface area contributed by atoms with E-state index in [1.165, 1.54) is 18.2 Å². The molecule has 2 aromatic rings. The number of amides is 1. The Hall–Kier alpha value is -2.13. The highest BCUT2D eigenvalue weighted by Gasteiger charge is 2.18. The van der Waals surface area contributed by atoms with E-state index >= 15 is 0 Å². The summed E-state index contributed by atoms with van der Waals surface area (Å²) in [6.07, 6.45) is 0. The Morgan fingerprint density at radius 3 is 2.31 bits per heavy atom. The third kappa shape index (κ3) is 5.18. The molecule has 7 nitrogen and oxygen atoms in total. The van der Waals surface area contributed by atoms with Crippen LogP contribution in [0.3, 0.4) is 0 Å². The highest BCUT2D eigenvalue weighted by molar-refractivity contribution is 7.89. The molecule has 0 aliphatic carbocycles. The first-order chi connectivity index (χ1) is 12.2. The van der Waals surface area contributed by atoms with Crippen molar-refractivity contribution in [1.82, 2.24) is 4.72 Å². The van der Waals surface area contributed by atoms with Gasteiger partial charge in [0.2, 0.25) is 15.9 Å². The van der Waals surface area contributed by atoms with Crippen molar-refractivity contribution in [3.63, 3.8) is 0 Å². The van der Waals surface area contributed by atoms with Gasteiger partial charge in [0.05, 0.1) is 17.0 Å². The summed E-state index contributed by atoms with van der Waals surface area (Å²) in [6.45, 7) is -0.726. The zero-order valence-electron chi connectivity index (χ0n) is 13.2. The topological polar surface area (TPSA) is 116 Å². The highest BCUT2D eigenvalue weighted by atomic mass is 35.5. The lowest BCUT2D eigenvalue weighted by Crippen LogP contribution is -2.33. The number of carbonyl (C=O) groups excluding carboxylic acids is 2. The summed E-state index contributed by atoms with van der Waals surface area (Å²) in [4.78, 5) is 22.7. The Kier molecular flexibility index (Phi) is 6.60. The lowest BCUT2D eigenvalue weighted by molar-refractivity contribution is -0.116. The zero-order valence-corrected chi connectivity index (χ0v) is 15.6. The number of hydrogen-bond acceptors (Lipinski definition) is 5. The van der Waals surface area contributed by atoms with E-state index in [0.717, 1.165) is 6.07 Å². The molecule has 0 aliphatic heterocycles. The van der Waals surface area contributed by atoms with Gasteiger partial charge in [0.15, 0.2) is 0 Å². The van der Waals surface area contributed by atoms with Crippen molar-refractivity contribution in [2.24, 2.45) is 5.73 Å². The molecular formula is C16H14Cl2N2O5S. The van der Waals surface area contributed by atoms with E-state index in [1.54, 1.807) is 18.2 Å². The molecule has 0 fully saturated rings. The van der Waals surface area contributed by atoms with Crippen molar-refractivity contribution >= 4 is 45.1 Å². The lowest BCUT2D eigenvalue weighted by atomic mass is 10.2. The van der Waals surface area contributed by atoms with Crippen LogP contribution in [0.15, 0.2) is 47.4 Å². The van der Waals surface area contributed by atoms with Crippen molar-refractivity contribution in [2.75, 3.05) is 6.54 Å². The van der Waals surface area contributed by atoms with Gasteiger partial charge in [0.25, 0.3) is 0 Å². The molecule has 0 unspecified atom stereocenters. The summed E-state index contributed by atoms with van der Waals surface area (Å²) in [7, 11) is -3.99. The van der Waals surface area contributed by atoms with Gasteiger partial charge in [-0.25, -0.2) is 17.9 Å². The Bertz CT molecular complexity index is 927. The second-order valence-electron chi connectivity index (χ2n) is 5.10. The van der Waals surface area contributed by atoms with Gasteiger partial charge in [-0.05, 0) is 30.3 Å². The van der Waals surface area contributed by atoms with E-state index in [0.29, 0.717) is 15.6 Å². The number of rotatable bonds is 7. The number of hydrogen-bond donors (Lipinski definition) is 2. The third-order valence-corrected chi connectivity index (χ3v) is 5.33. The zero-order chi connectivity index (χ0) is 19.3. The number of nitrogens with two attached hydrogens (primary N) is 1. The molecule has 10 heteroatoms. The number of carbonyl (C=O) groups is 2. The number of nitrogens with one attached hydrogen (secondary N) is 1. The molecule has 0 atom stereocenters. The molecule has 26 heavy (non-hydrogen) atoms. The van der Waals surface area contributed by atoms with Crippen molar-refractivity contribution < 1.29 is 22.7 Å². The quantitative estimate of drug-likeness (QED) is 0.670. The predicted molar refractivity (Wildman–Crippen MR) is 96.4 cm³/mol. The van der Waals surface area contributed by atoms with E-state index in [-0.39, 0.29) is 17.1 Å². The number of primary amides is 1. The van der Waals surface area contributed by atoms with E-state index in [9.17, 15) is 18.0 Å². The number of ether oxygens (including phenoxy) is 1. The van der Waals surface area contributed by atoms with Crippen LogP contribution in [-0.2, 0) is 26.2 Å². The van der Waals surface area contributed by atoms with Crippen LogP contribution in [0.2, 0.25) is 10.0 Å². The first kappa shape index (κ1) is 20.2. The minimum atomic E-state index is -3.99. The molecule has 2 aromatic carbocycles. The molecule has 138 valence electrons. The van der Waals surface area contributed by atoms with Crippen molar-refractivity contribution in [2.45, 2.75) is 11.5 Å². The maximum Gasteiger partial charge on any atom is 0.338 e. The minimum absolute atomic E-state index is 0.00938. The largest absolute Gasteiger partial charge is 0.457 e. The summed E-state index contributed by atoms with van der Waals surface area (Å²) in [6, 6.07) is 10.0. The minimum Gasteiger partial charge on any atom is -0.457 e. The summed E-state index contributed by atoms with van der Waals surface area (Å²) >= 11 is 12.0. The van der Waals surface area contributed by atoms with Gasteiger partial charge in [-0.3, -0.25) is 4.79 Å². The number of halogens is 2. The van der Waals surface area contributed by atoms with Gasteiger partial charge in [-0.1, -0.05) is 35.3 Å².